The highest BCUT2D eigenvalue weighted by molar-refractivity contribution is 7.09. The molecular weight excluding hydrogens is 284 g/mol. The van der Waals surface area contributed by atoms with Crippen LogP contribution in [0.3, 0.4) is 0 Å². The second-order valence-corrected chi connectivity index (χ2v) is 7.58. The van der Waals surface area contributed by atoms with Gasteiger partial charge in [-0.3, -0.25) is 9.69 Å². The first-order chi connectivity index (χ1) is 10.3. The summed E-state index contributed by atoms with van der Waals surface area (Å²) in [6.45, 7) is 3.11. The Balaban J connectivity index is 1.32. The normalized spacial score (nSPS) is 32.9. The zero-order valence-corrected chi connectivity index (χ0v) is 13.0. The van der Waals surface area contributed by atoms with Crippen LogP contribution in [0.2, 0.25) is 0 Å². The maximum Gasteiger partial charge on any atom is 0.249 e. The van der Waals surface area contributed by atoms with E-state index >= 15 is 0 Å². The van der Waals surface area contributed by atoms with E-state index in [2.05, 4.69) is 27.7 Å². The molecule has 3 heterocycles. The molecule has 1 amide bonds. The van der Waals surface area contributed by atoms with Gasteiger partial charge in [-0.2, -0.15) is 0 Å². The van der Waals surface area contributed by atoms with Gasteiger partial charge in [0.1, 0.15) is 6.10 Å². The Morgan fingerprint density at radius 3 is 3.10 bits per heavy atom. The minimum Gasteiger partial charge on any atom is -0.364 e. The Morgan fingerprint density at radius 2 is 2.33 bits per heavy atom. The van der Waals surface area contributed by atoms with Crippen molar-refractivity contribution in [3.8, 4) is 0 Å². The van der Waals surface area contributed by atoms with Crippen LogP contribution in [0.15, 0.2) is 17.5 Å². The smallest absolute Gasteiger partial charge is 0.249 e. The average Bonchev–Trinajstić information content (AvgIpc) is 3.00. The molecule has 0 spiro atoms. The first-order valence-corrected chi connectivity index (χ1v) is 8.86. The molecule has 21 heavy (non-hydrogen) atoms. The van der Waals surface area contributed by atoms with E-state index < -0.39 is 0 Å². The third kappa shape index (κ3) is 3.15. The number of hydrogen-bond donors (Lipinski definition) is 1. The van der Waals surface area contributed by atoms with Gasteiger partial charge in [0.15, 0.2) is 0 Å². The molecule has 0 radical (unpaired) electrons. The Kier molecular flexibility index (Phi) is 3.73. The first-order valence-electron chi connectivity index (χ1n) is 7.98. The average molecular weight is 306 g/mol. The van der Waals surface area contributed by atoms with E-state index in [1.54, 1.807) is 0 Å². The number of nitrogens with zero attached hydrogens (tertiary/aromatic N) is 1. The topological polar surface area (TPSA) is 41.6 Å². The number of ether oxygens (including phenoxy) is 1. The number of carbonyl (C=O) groups excluding carboxylic acids is 1. The van der Waals surface area contributed by atoms with Crippen LogP contribution in [0.4, 0.5) is 0 Å². The zero-order valence-electron chi connectivity index (χ0n) is 12.2. The van der Waals surface area contributed by atoms with Gasteiger partial charge in [-0.15, -0.1) is 11.3 Å². The predicted octanol–water partition coefficient (Wildman–Crippen LogP) is 2.01. The summed E-state index contributed by atoms with van der Waals surface area (Å²) >= 11 is 1.81. The minimum absolute atomic E-state index is 0.122. The molecule has 0 unspecified atom stereocenters. The van der Waals surface area contributed by atoms with Crippen molar-refractivity contribution in [2.75, 3.05) is 13.1 Å². The summed E-state index contributed by atoms with van der Waals surface area (Å²) in [6, 6.07) is 4.73. The summed E-state index contributed by atoms with van der Waals surface area (Å²) in [5.74, 6) is 0.691. The second-order valence-electron chi connectivity index (χ2n) is 6.54. The lowest BCUT2D eigenvalue weighted by Crippen LogP contribution is -2.42. The van der Waals surface area contributed by atoms with Crippen LogP contribution in [-0.2, 0) is 16.1 Å². The number of hydrogen-bond acceptors (Lipinski definition) is 4. The summed E-state index contributed by atoms with van der Waals surface area (Å²) in [4.78, 5) is 16.0. The third-order valence-corrected chi connectivity index (χ3v) is 5.67. The third-order valence-electron chi connectivity index (χ3n) is 4.81. The van der Waals surface area contributed by atoms with E-state index in [1.165, 1.54) is 4.88 Å². The van der Waals surface area contributed by atoms with Gasteiger partial charge in [0.2, 0.25) is 5.91 Å². The number of amides is 1. The van der Waals surface area contributed by atoms with Gasteiger partial charge in [0.25, 0.3) is 0 Å². The largest absolute Gasteiger partial charge is 0.364 e. The van der Waals surface area contributed by atoms with Crippen molar-refractivity contribution in [2.45, 2.75) is 50.5 Å². The van der Waals surface area contributed by atoms with Crippen LogP contribution in [0.1, 0.15) is 30.6 Å². The van der Waals surface area contributed by atoms with Crippen molar-refractivity contribution in [1.82, 2.24) is 10.2 Å². The number of nitrogens with one attached hydrogen (secondary N) is 1. The van der Waals surface area contributed by atoms with Gasteiger partial charge >= 0.3 is 0 Å². The molecule has 114 valence electrons. The molecule has 5 heteroatoms. The van der Waals surface area contributed by atoms with Crippen LogP contribution in [-0.4, -0.2) is 42.1 Å². The second kappa shape index (κ2) is 5.71. The van der Waals surface area contributed by atoms with Gasteiger partial charge in [-0.05, 0) is 49.6 Å². The van der Waals surface area contributed by atoms with Gasteiger partial charge in [-0.25, -0.2) is 0 Å². The number of likely N-dealkylation sites (tertiary alicyclic amines) is 1. The van der Waals surface area contributed by atoms with Crippen molar-refractivity contribution in [1.29, 1.82) is 0 Å². The molecule has 2 saturated heterocycles. The molecule has 3 atom stereocenters. The summed E-state index contributed by atoms with van der Waals surface area (Å²) < 4.78 is 6.05. The fourth-order valence-corrected chi connectivity index (χ4v) is 4.20. The molecule has 1 N–H and O–H groups in total. The van der Waals surface area contributed by atoms with E-state index in [4.69, 9.17) is 4.74 Å². The summed E-state index contributed by atoms with van der Waals surface area (Å²) in [5, 5.41) is 5.21. The monoisotopic (exact) mass is 306 g/mol. The predicted molar refractivity (Wildman–Crippen MR) is 82.1 cm³/mol. The van der Waals surface area contributed by atoms with Crippen molar-refractivity contribution < 1.29 is 9.53 Å². The molecular formula is C16H22N2O2S. The number of carbonyl (C=O) groups is 1. The zero-order chi connectivity index (χ0) is 14.2. The Hall–Kier alpha value is -0.910. The van der Waals surface area contributed by atoms with Gasteiger partial charge in [-0.1, -0.05) is 6.07 Å². The van der Waals surface area contributed by atoms with E-state index in [0.29, 0.717) is 12.0 Å². The fraction of sp³-hybridized carbons (Fsp3) is 0.688. The van der Waals surface area contributed by atoms with Crippen molar-refractivity contribution in [3.05, 3.63) is 22.4 Å². The summed E-state index contributed by atoms with van der Waals surface area (Å²) in [7, 11) is 0. The van der Waals surface area contributed by atoms with E-state index in [0.717, 1.165) is 45.3 Å². The molecule has 2 aliphatic heterocycles. The summed E-state index contributed by atoms with van der Waals surface area (Å²) in [5.41, 5.74) is 0. The SMILES string of the molecule is O=C(NC1CC1)[C@H]1C[C@@H]2CCN(Cc3cccs3)C[C@H]2O1. The lowest BCUT2D eigenvalue weighted by atomic mass is 9.91. The quantitative estimate of drug-likeness (QED) is 0.925. The van der Waals surface area contributed by atoms with E-state index in [9.17, 15) is 4.79 Å². The molecule has 4 rings (SSSR count). The van der Waals surface area contributed by atoms with Crippen LogP contribution in [0, 0.1) is 5.92 Å². The highest BCUT2D eigenvalue weighted by atomic mass is 32.1. The Morgan fingerprint density at radius 1 is 1.43 bits per heavy atom. The highest BCUT2D eigenvalue weighted by Gasteiger charge is 2.42. The molecule has 1 aliphatic carbocycles. The Labute approximate surface area is 129 Å². The molecule has 0 aromatic carbocycles. The van der Waals surface area contributed by atoms with E-state index in [-0.39, 0.29) is 18.1 Å². The molecule has 1 saturated carbocycles. The number of rotatable bonds is 4. The van der Waals surface area contributed by atoms with Crippen LogP contribution >= 0.6 is 11.3 Å². The van der Waals surface area contributed by atoms with Crippen molar-refractivity contribution in [2.24, 2.45) is 5.92 Å². The molecule has 3 fully saturated rings. The minimum atomic E-state index is -0.206. The lowest BCUT2D eigenvalue weighted by molar-refractivity contribution is -0.133. The highest BCUT2D eigenvalue weighted by Crippen LogP contribution is 2.34. The van der Waals surface area contributed by atoms with Crippen molar-refractivity contribution in [3.63, 3.8) is 0 Å². The van der Waals surface area contributed by atoms with Gasteiger partial charge < -0.3 is 10.1 Å². The van der Waals surface area contributed by atoms with Crippen molar-refractivity contribution >= 4 is 17.2 Å². The van der Waals surface area contributed by atoms with Crippen LogP contribution in [0.25, 0.3) is 0 Å². The summed E-state index contributed by atoms with van der Waals surface area (Å²) in [6.07, 6.45) is 4.38. The number of piperidine rings is 1. The number of thiophene rings is 1. The maximum absolute atomic E-state index is 12.1. The van der Waals surface area contributed by atoms with Crippen LogP contribution in [0.5, 0.6) is 0 Å². The molecule has 4 nitrogen and oxygen atoms in total. The lowest BCUT2D eigenvalue weighted by Gasteiger charge is -2.33. The standard InChI is InChI=1S/C16H22N2O2S/c19-16(17-12-3-4-12)14-8-11-5-6-18(10-15(11)20-14)9-13-2-1-7-21-13/h1-2,7,11-12,14-15H,3-6,8-10H2,(H,17,19)/t11-,14+,15+/m0/s1. The molecule has 3 aliphatic rings. The van der Waals surface area contributed by atoms with Gasteiger partial charge in [0.05, 0.1) is 6.10 Å². The molecule has 1 aromatic heterocycles. The first kappa shape index (κ1) is 13.7. The Bertz CT molecular complexity index is 500. The number of fused-ring (bicyclic) bond motifs is 1. The van der Waals surface area contributed by atoms with E-state index in [1.807, 2.05) is 11.3 Å². The maximum atomic E-state index is 12.1. The van der Waals surface area contributed by atoms with Gasteiger partial charge in [0, 0.05) is 24.0 Å². The molecule has 1 aromatic rings. The molecule has 0 bridgehead atoms. The van der Waals surface area contributed by atoms with Crippen LogP contribution < -0.4 is 5.32 Å². The fourth-order valence-electron chi connectivity index (χ4n) is 3.45.